The fourth-order valence-corrected chi connectivity index (χ4v) is 2.48. The Morgan fingerprint density at radius 2 is 2.00 bits per heavy atom. The Bertz CT molecular complexity index is 685. The van der Waals surface area contributed by atoms with Crippen molar-refractivity contribution in [1.29, 1.82) is 0 Å². The molecule has 8 heteroatoms. The smallest absolute Gasteiger partial charge is 0.323 e. The van der Waals surface area contributed by atoms with Crippen molar-refractivity contribution in [3.8, 4) is 0 Å². The molecule has 0 aliphatic carbocycles. The summed E-state index contributed by atoms with van der Waals surface area (Å²) in [6.07, 6.45) is 3.36. The summed E-state index contributed by atoms with van der Waals surface area (Å²) in [5, 5.41) is 9.48. The van der Waals surface area contributed by atoms with Gasteiger partial charge in [-0.2, -0.15) is 5.10 Å². The van der Waals surface area contributed by atoms with E-state index in [0.717, 1.165) is 39.4 Å². The van der Waals surface area contributed by atoms with E-state index in [9.17, 15) is 9.18 Å². The number of carbonyl (C=O) groups is 1. The van der Waals surface area contributed by atoms with Gasteiger partial charge in [0.25, 0.3) is 0 Å². The predicted octanol–water partition coefficient (Wildman–Crippen LogP) is 2.00. The topological polar surface area (TPSA) is 71.4 Å². The first-order valence-electron chi connectivity index (χ1n) is 7.85. The van der Waals surface area contributed by atoms with Gasteiger partial charge in [-0.25, -0.2) is 9.18 Å². The molecular formula is C16H20FN5O2. The Morgan fingerprint density at radius 3 is 2.79 bits per heavy atom. The molecule has 24 heavy (non-hydrogen) atoms. The molecule has 1 aromatic carbocycles. The third-order valence-electron chi connectivity index (χ3n) is 3.72. The molecule has 0 radical (unpaired) electrons. The third kappa shape index (κ3) is 4.77. The van der Waals surface area contributed by atoms with Crippen LogP contribution in [0.4, 0.5) is 20.6 Å². The molecule has 2 N–H and O–H groups in total. The van der Waals surface area contributed by atoms with Crippen molar-refractivity contribution in [3.63, 3.8) is 0 Å². The quantitative estimate of drug-likeness (QED) is 0.878. The lowest BCUT2D eigenvalue weighted by Gasteiger charge is -2.26. The largest absolute Gasteiger partial charge is 0.379 e. The maximum atomic E-state index is 13.1. The van der Waals surface area contributed by atoms with Crippen LogP contribution in [-0.4, -0.2) is 53.6 Å². The average molecular weight is 333 g/mol. The van der Waals surface area contributed by atoms with Crippen molar-refractivity contribution in [3.05, 3.63) is 42.5 Å². The summed E-state index contributed by atoms with van der Waals surface area (Å²) in [5.41, 5.74) is 0.984. The first-order valence-corrected chi connectivity index (χ1v) is 7.85. The number of nitrogens with zero attached hydrogens (tertiary/aromatic N) is 3. The molecule has 2 heterocycles. The van der Waals surface area contributed by atoms with E-state index in [4.69, 9.17) is 4.74 Å². The highest BCUT2D eigenvalue weighted by atomic mass is 19.1. The Kier molecular flexibility index (Phi) is 5.39. The van der Waals surface area contributed by atoms with Crippen molar-refractivity contribution >= 4 is 17.4 Å². The van der Waals surface area contributed by atoms with Gasteiger partial charge in [-0.15, -0.1) is 0 Å². The Balaban J connectivity index is 1.47. The van der Waals surface area contributed by atoms with E-state index in [-0.39, 0.29) is 0 Å². The van der Waals surface area contributed by atoms with Crippen LogP contribution in [0.3, 0.4) is 0 Å². The minimum absolute atomic E-state index is 0.396. The van der Waals surface area contributed by atoms with Crippen molar-refractivity contribution in [2.75, 3.05) is 43.5 Å². The number of nitrogens with one attached hydrogen (secondary N) is 2. The van der Waals surface area contributed by atoms with Gasteiger partial charge in [0.1, 0.15) is 5.82 Å². The van der Waals surface area contributed by atoms with E-state index >= 15 is 0 Å². The lowest BCUT2D eigenvalue weighted by Crippen LogP contribution is -2.38. The van der Waals surface area contributed by atoms with E-state index in [1.807, 2.05) is 0 Å². The second-order valence-corrected chi connectivity index (χ2v) is 5.54. The van der Waals surface area contributed by atoms with Crippen molar-refractivity contribution in [2.24, 2.45) is 0 Å². The lowest BCUT2D eigenvalue weighted by atomic mass is 10.3. The number of anilines is 2. The number of amides is 2. The van der Waals surface area contributed by atoms with Crippen molar-refractivity contribution < 1.29 is 13.9 Å². The molecule has 1 aliphatic rings. The molecule has 128 valence electrons. The highest BCUT2D eigenvalue weighted by molar-refractivity contribution is 5.99. The third-order valence-corrected chi connectivity index (χ3v) is 3.72. The van der Waals surface area contributed by atoms with Crippen LogP contribution in [0, 0.1) is 5.82 Å². The van der Waals surface area contributed by atoms with Crippen LogP contribution in [0.1, 0.15) is 0 Å². The van der Waals surface area contributed by atoms with Gasteiger partial charge >= 0.3 is 6.03 Å². The molecule has 2 aromatic rings. The van der Waals surface area contributed by atoms with Gasteiger partial charge in [-0.3, -0.25) is 9.58 Å². The highest BCUT2D eigenvalue weighted by Gasteiger charge is 2.10. The molecule has 0 unspecified atom stereocenters. The fraction of sp³-hybridized carbons (Fsp3) is 0.375. The van der Waals surface area contributed by atoms with E-state index in [2.05, 4.69) is 20.6 Å². The molecule has 3 rings (SSSR count). The van der Waals surface area contributed by atoms with Gasteiger partial charge in [0.2, 0.25) is 0 Å². The summed E-state index contributed by atoms with van der Waals surface area (Å²) in [7, 11) is 0. The summed E-state index contributed by atoms with van der Waals surface area (Å²) in [5.74, 6) is -0.399. The number of urea groups is 1. The molecule has 0 saturated carbocycles. The zero-order chi connectivity index (χ0) is 16.8. The monoisotopic (exact) mass is 333 g/mol. The molecule has 0 bridgehead atoms. The van der Waals surface area contributed by atoms with Crippen LogP contribution in [0.5, 0.6) is 0 Å². The average Bonchev–Trinajstić information content (AvgIpc) is 3.01. The normalized spacial score (nSPS) is 15.2. The van der Waals surface area contributed by atoms with Gasteiger partial charge in [0.15, 0.2) is 0 Å². The van der Waals surface area contributed by atoms with E-state index in [0.29, 0.717) is 11.4 Å². The summed E-state index contributed by atoms with van der Waals surface area (Å²) < 4.78 is 20.2. The van der Waals surface area contributed by atoms with E-state index < -0.39 is 11.8 Å². The molecule has 1 fully saturated rings. The number of halogens is 1. The van der Waals surface area contributed by atoms with Crippen LogP contribution in [-0.2, 0) is 11.3 Å². The highest BCUT2D eigenvalue weighted by Crippen LogP contribution is 2.11. The zero-order valence-electron chi connectivity index (χ0n) is 13.2. The molecule has 1 aromatic heterocycles. The summed E-state index contributed by atoms with van der Waals surface area (Å²) >= 11 is 0. The molecule has 2 amide bonds. The summed E-state index contributed by atoms with van der Waals surface area (Å²) in [6.45, 7) is 5.04. The van der Waals surface area contributed by atoms with Crippen molar-refractivity contribution in [2.45, 2.75) is 6.54 Å². The van der Waals surface area contributed by atoms with E-state index in [1.54, 1.807) is 23.1 Å². The van der Waals surface area contributed by atoms with Gasteiger partial charge in [-0.1, -0.05) is 6.07 Å². The van der Waals surface area contributed by atoms with Crippen LogP contribution in [0.2, 0.25) is 0 Å². The molecular weight excluding hydrogens is 313 g/mol. The lowest BCUT2D eigenvalue weighted by molar-refractivity contribution is 0.0360. The standard InChI is InChI=1S/C16H20FN5O2/c17-13-2-1-3-14(10-13)19-16(23)20-15-11-18-22(12-15)5-4-21-6-8-24-9-7-21/h1-3,10-12H,4-9H2,(H2,19,20,23). The van der Waals surface area contributed by atoms with Crippen LogP contribution < -0.4 is 10.6 Å². The van der Waals surface area contributed by atoms with Crippen molar-refractivity contribution in [1.82, 2.24) is 14.7 Å². The minimum Gasteiger partial charge on any atom is -0.379 e. The second kappa shape index (κ2) is 7.89. The zero-order valence-corrected chi connectivity index (χ0v) is 13.2. The van der Waals surface area contributed by atoms with Crippen LogP contribution in [0.25, 0.3) is 0 Å². The summed E-state index contributed by atoms with van der Waals surface area (Å²) in [4.78, 5) is 14.2. The molecule has 0 atom stereocenters. The molecule has 7 nitrogen and oxygen atoms in total. The number of ether oxygens (including phenoxy) is 1. The van der Waals surface area contributed by atoms with Crippen LogP contribution in [0.15, 0.2) is 36.7 Å². The van der Waals surface area contributed by atoms with Gasteiger partial charge < -0.3 is 15.4 Å². The second-order valence-electron chi connectivity index (χ2n) is 5.54. The maximum absolute atomic E-state index is 13.1. The Morgan fingerprint density at radius 1 is 1.21 bits per heavy atom. The number of morpholine rings is 1. The predicted molar refractivity (Wildman–Crippen MR) is 88.5 cm³/mol. The number of carbonyl (C=O) groups excluding carboxylic acids is 1. The fourth-order valence-electron chi connectivity index (χ4n) is 2.48. The molecule has 1 saturated heterocycles. The van der Waals surface area contributed by atoms with E-state index in [1.165, 1.54) is 18.2 Å². The van der Waals surface area contributed by atoms with Gasteiger partial charge in [0.05, 0.1) is 31.6 Å². The first-order chi connectivity index (χ1) is 11.7. The maximum Gasteiger partial charge on any atom is 0.323 e. The number of aromatic nitrogens is 2. The minimum atomic E-state index is -0.437. The van der Waals surface area contributed by atoms with Crippen LogP contribution >= 0.6 is 0 Å². The van der Waals surface area contributed by atoms with Gasteiger partial charge in [0, 0.05) is 31.5 Å². The van der Waals surface area contributed by atoms with Gasteiger partial charge in [-0.05, 0) is 18.2 Å². The Labute approximate surface area is 139 Å². The molecule has 0 spiro atoms. The molecule has 1 aliphatic heterocycles. The Hall–Kier alpha value is -2.45. The SMILES string of the molecule is O=C(Nc1cccc(F)c1)Nc1cnn(CCN2CCOCC2)c1. The number of hydrogen-bond acceptors (Lipinski definition) is 4. The first kappa shape index (κ1) is 16.4. The number of hydrogen-bond donors (Lipinski definition) is 2. The summed E-state index contributed by atoms with van der Waals surface area (Å²) in [6, 6.07) is 5.30. The number of benzene rings is 1. The number of rotatable bonds is 5.